The van der Waals surface area contributed by atoms with Crippen LogP contribution in [0.15, 0.2) is 30.5 Å². The van der Waals surface area contributed by atoms with Crippen molar-refractivity contribution >= 4 is 23.4 Å². The number of aromatic nitrogens is 2. The van der Waals surface area contributed by atoms with E-state index in [0.717, 1.165) is 36.3 Å². The summed E-state index contributed by atoms with van der Waals surface area (Å²) in [6.45, 7) is 1.85. The number of anilines is 2. The maximum atomic E-state index is 6.06. The molecule has 0 saturated heterocycles. The van der Waals surface area contributed by atoms with Gasteiger partial charge in [0.25, 0.3) is 0 Å². The molecule has 0 unspecified atom stereocenters. The monoisotopic (exact) mass is 300 g/mol. The summed E-state index contributed by atoms with van der Waals surface area (Å²) >= 11 is 6.06. The molecule has 1 aromatic heterocycles. The topological polar surface area (TPSA) is 41.1 Å². The highest BCUT2D eigenvalue weighted by Gasteiger charge is 2.23. The van der Waals surface area contributed by atoms with E-state index in [2.05, 4.69) is 32.3 Å². The number of nitrogens with one attached hydrogen (secondary N) is 1. The van der Waals surface area contributed by atoms with Gasteiger partial charge in [0.2, 0.25) is 5.95 Å². The third kappa shape index (κ3) is 2.81. The van der Waals surface area contributed by atoms with Crippen molar-refractivity contribution in [1.29, 1.82) is 0 Å². The van der Waals surface area contributed by atoms with E-state index < -0.39 is 0 Å². The van der Waals surface area contributed by atoms with E-state index in [-0.39, 0.29) is 0 Å². The zero-order chi connectivity index (χ0) is 14.2. The van der Waals surface area contributed by atoms with Crippen molar-refractivity contribution in [1.82, 2.24) is 9.97 Å². The fourth-order valence-corrected chi connectivity index (χ4v) is 2.92. The van der Waals surface area contributed by atoms with E-state index in [0.29, 0.717) is 6.04 Å². The number of benzene rings is 1. The molecule has 1 N–H and O–H groups in total. The van der Waals surface area contributed by atoms with Gasteiger partial charge >= 0.3 is 0 Å². The largest absolute Gasteiger partial charge is 0.352 e. The molecule has 0 spiro atoms. The van der Waals surface area contributed by atoms with Crippen molar-refractivity contribution in [3.63, 3.8) is 0 Å². The van der Waals surface area contributed by atoms with E-state index in [1.807, 2.05) is 18.3 Å². The molecule has 21 heavy (non-hydrogen) atoms. The third-order valence-corrected chi connectivity index (χ3v) is 4.29. The molecule has 4 rings (SSSR count). The van der Waals surface area contributed by atoms with Crippen LogP contribution in [0.3, 0.4) is 0 Å². The lowest BCUT2D eigenvalue weighted by molar-refractivity contribution is 0.719. The maximum Gasteiger partial charge on any atom is 0.224 e. The minimum Gasteiger partial charge on any atom is -0.352 e. The number of hydrogen-bond donors (Lipinski definition) is 1. The quantitative estimate of drug-likeness (QED) is 0.944. The summed E-state index contributed by atoms with van der Waals surface area (Å²) in [6, 6.07) is 8.72. The second-order valence-electron chi connectivity index (χ2n) is 5.74. The van der Waals surface area contributed by atoms with Gasteiger partial charge in [0.1, 0.15) is 5.82 Å². The van der Waals surface area contributed by atoms with Crippen molar-refractivity contribution in [2.75, 3.05) is 16.8 Å². The van der Waals surface area contributed by atoms with Crippen LogP contribution in [0, 0.1) is 0 Å². The van der Waals surface area contributed by atoms with E-state index in [1.54, 1.807) is 0 Å². The number of halogens is 1. The minimum atomic E-state index is 0.574. The van der Waals surface area contributed by atoms with Crippen LogP contribution >= 0.6 is 11.6 Å². The number of fused-ring (bicyclic) bond motifs is 1. The molecule has 1 aliphatic carbocycles. The first kappa shape index (κ1) is 12.9. The highest BCUT2D eigenvalue weighted by atomic mass is 35.5. The summed E-state index contributed by atoms with van der Waals surface area (Å²) in [6.07, 6.45) is 5.30. The Morgan fingerprint density at radius 3 is 2.95 bits per heavy atom. The molecule has 2 aliphatic rings. The number of hydrogen-bond acceptors (Lipinski definition) is 4. The van der Waals surface area contributed by atoms with Crippen LogP contribution in [0.1, 0.15) is 24.0 Å². The molecule has 4 nitrogen and oxygen atoms in total. The van der Waals surface area contributed by atoms with Crippen molar-refractivity contribution in [3.8, 4) is 0 Å². The van der Waals surface area contributed by atoms with Gasteiger partial charge < -0.3 is 10.2 Å². The summed E-state index contributed by atoms with van der Waals surface area (Å²) in [4.78, 5) is 11.3. The Bertz CT molecular complexity index is 669. The standard InChI is InChI=1S/C16H17ClN4/c17-13-2-1-12-10-21(8-6-11(12)9-13)15-5-7-18-16(20-15)19-14-3-4-14/h1-2,5,7,9,14H,3-4,6,8,10H2,(H,18,19,20). The van der Waals surface area contributed by atoms with Crippen molar-refractivity contribution in [2.45, 2.75) is 31.8 Å². The van der Waals surface area contributed by atoms with Gasteiger partial charge in [-0.3, -0.25) is 0 Å². The fourth-order valence-electron chi connectivity index (χ4n) is 2.72. The Morgan fingerprint density at radius 2 is 2.10 bits per heavy atom. The van der Waals surface area contributed by atoms with Crippen LogP contribution in [-0.2, 0) is 13.0 Å². The molecule has 108 valence electrons. The lowest BCUT2D eigenvalue weighted by atomic mass is 10.00. The van der Waals surface area contributed by atoms with Crippen LogP contribution in [0.2, 0.25) is 5.02 Å². The summed E-state index contributed by atoms with van der Waals surface area (Å²) in [5.74, 6) is 1.74. The molecule has 1 aromatic carbocycles. The average Bonchev–Trinajstić information content (AvgIpc) is 3.31. The SMILES string of the molecule is Clc1ccc2c(c1)CCN(c1ccnc(NC3CC3)n1)C2. The van der Waals surface area contributed by atoms with Crippen LogP contribution < -0.4 is 10.2 Å². The second kappa shape index (κ2) is 5.19. The van der Waals surface area contributed by atoms with Gasteiger partial charge in [0, 0.05) is 30.4 Å². The predicted octanol–water partition coefficient (Wildman–Crippen LogP) is 3.27. The molecule has 1 aliphatic heterocycles. The lowest BCUT2D eigenvalue weighted by Gasteiger charge is -2.30. The molecule has 0 bridgehead atoms. The zero-order valence-corrected chi connectivity index (χ0v) is 12.5. The second-order valence-corrected chi connectivity index (χ2v) is 6.18. The summed E-state index contributed by atoms with van der Waals surface area (Å²) in [7, 11) is 0. The highest BCUT2D eigenvalue weighted by molar-refractivity contribution is 6.30. The van der Waals surface area contributed by atoms with Gasteiger partial charge in [0.15, 0.2) is 0 Å². The normalized spacial score (nSPS) is 17.5. The summed E-state index contributed by atoms with van der Waals surface area (Å²) < 4.78 is 0. The Hall–Kier alpha value is -1.81. The van der Waals surface area contributed by atoms with Crippen LogP contribution in [-0.4, -0.2) is 22.6 Å². The first-order valence-electron chi connectivity index (χ1n) is 7.40. The van der Waals surface area contributed by atoms with Crippen LogP contribution in [0.5, 0.6) is 0 Å². The van der Waals surface area contributed by atoms with Gasteiger partial charge in [-0.15, -0.1) is 0 Å². The molecular formula is C16H17ClN4. The Kier molecular flexibility index (Phi) is 3.19. The van der Waals surface area contributed by atoms with Gasteiger partial charge in [0.05, 0.1) is 0 Å². The maximum absolute atomic E-state index is 6.06. The van der Waals surface area contributed by atoms with Gasteiger partial charge in [-0.2, -0.15) is 4.98 Å². The molecule has 0 radical (unpaired) electrons. The van der Waals surface area contributed by atoms with E-state index >= 15 is 0 Å². The van der Waals surface area contributed by atoms with Crippen molar-refractivity contribution in [2.24, 2.45) is 0 Å². The Morgan fingerprint density at radius 1 is 1.19 bits per heavy atom. The van der Waals surface area contributed by atoms with Crippen LogP contribution in [0.25, 0.3) is 0 Å². The Labute approximate surface area is 129 Å². The minimum absolute atomic E-state index is 0.574. The molecule has 0 amide bonds. The van der Waals surface area contributed by atoms with Crippen molar-refractivity contribution < 1.29 is 0 Å². The number of nitrogens with zero attached hydrogens (tertiary/aromatic N) is 3. The smallest absolute Gasteiger partial charge is 0.224 e. The first-order chi connectivity index (χ1) is 10.3. The van der Waals surface area contributed by atoms with Gasteiger partial charge in [-0.1, -0.05) is 17.7 Å². The molecule has 1 saturated carbocycles. The van der Waals surface area contributed by atoms with Crippen molar-refractivity contribution in [3.05, 3.63) is 46.6 Å². The average molecular weight is 301 g/mol. The van der Waals surface area contributed by atoms with E-state index in [4.69, 9.17) is 11.6 Å². The number of rotatable bonds is 3. The molecular weight excluding hydrogens is 284 g/mol. The molecule has 5 heteroatoms. The van der Waals surface area contributed by atoms with Gasteiger partial charge in [-0.05, 0) is 48.6 Å². The first-order valence-corrected chi connectivity index (χ1v) is 7.77. The summed E-state index contributed by atoms with van der Waals surface area (Å²) in [5.41, 5.74) is 2.69. The third-order valence-electron chi connectivity index (χ3n) is 4.06. The predicted molar refractivity (Wildman–Crippen MR) is 84.9 cm³/mol. The molecule has 2 heterocycles. The van der Waals surface area contributed by atoms with Crippen LogP contribution in [0.4, 0.5) is 11.8 Å². The molecule has 1 fully saturated rings. The van der Waals surface area contributed by atoms with Gasteiger partial charge in [-0.25, -0.2) is 4.98 Å². The summed E-state index contributed by atoms with van der Waals surface area (Å²) in [5, 5.41) is 4.18. The Balaban J connectivity index is 1.55. The zero-order valence-electron chi connectivity index (χ0n) is 11.7. The highest BCUT2D eigenvalue weighted by Crippen LogP contribution is 2.27. The fraction of sp³-hybridized carbons (Fsp3) is 0.375. The van der Waals surface area contributed by atoms with E-state index in [1.165, 1.54) is 24.0 Å². The molecule has 0 atom stereocenters. The van der Waals surface area contributed by atoms with E-state index in [9.17, 15) is 0 Å². The molecule has 2 aromatic rings. The lowest BCUT2D eigenvalue weighted by Crippen LogP contribution is -2.31.